The lowest BCUT2D eigenvalue weighted by atomic mass is 10.1. The molecule has 0 aliphatic carbocycles. The first-order valence-electron chi connectivity index (χ1n) is 6.04. The van der Waals surface area contributed by atoms with Gasteiger partial charge in [-0.05, 0) is 12.5 Å². The largest absolute Gasteiger partial charge is 0.469 e. The van der Waals surface area contributed by atoms with E-state index in [9.17, 15) is 24.1 Å². The number of carbonyl (C=O) groups is 2. The molecule has 114 valence electrons. The van der Waals surface area contributed by atoms with Crippen LogP contribution in [-0.2, 0) is 9.53 Å². The molecule has 1 aromatic rings. The van der Waals surface area contributed by atoms with Crippen molar-refractivity contribution in [2.45, 2.75) is 13.3 Å². The standard InChI is InChI=1S/C13H15FN2O5/c1-8-6-9(16(19)20)7-10(12(8)14)13(18)15(2)5-4-11(17)21-3/h6-7H,4-5H2,1-3H3. The zero-order valence-electron chi connectivity index (χ0n) is 11.9. The summed E-state index contributed by atoms with van der Waals surface area (Å²) in [5.41, 5.74) is -0.749. The zero-order chi connectivity index (χ0) is 16.2. The lowest BCUT2D eigenvalue weighted by Crippen LogP contribution is -2.30. The van der Waals surface area contributed by atoms with Crippen LogP contribution in [-0.4, -0.2) is 42.4 Å². The molecule has 0 aliphatic heterocycles. The average Bonchev–Trinajstić information content (AvgIpc) is 2.45. The number of hydrogen-bond acceptors (Lipinski definition) is 5. The number of esters is 1. The molecule has 1 amide bonds. The minimum atomic E-state index is -0.810. The van der Waals surface area contributed by atoms with E-state index in [4.69, 9.17) is 0 Å². The number of non-ortho nitro benzene ring substituents is 1. The Balaban J connectivity index is 3.01. The Morgan fingerprint density at radius 3 is 2.57 bits per heavy atom. The molecule has 0 heterocycles. The average molecular weight is 298 g/mol. The van der Waals surface area contributed by atoms with Crippen molar-refractivity contribution in [2.75, 3.05) is 20.7 Å². The number of nitrogens with zero attached hydrogens (tertiary/aromatic N) is 2. The topological polar surface area (TPSA) is 89.8 Å². The SMILES string of the molecule is COC(=O)CCN(C)C(=O)c1cc([N+](=O)[O-])cc(C)c1F. The Labute approximate surface area is 120 Å². The molecule has 0 atom stereocenters. The minimum absolute atomic E-state index is 0.00826. The summed E-state index contributed by atoms with van der Waals surface area (Å²) in [6.45, 7) is 1.36. The number of hydrogen-bond donors (Lipinski definition) is 0. The van der Waals surface area contributed by atoms with Gasteiger partial charge in [0, 0.05) is 25.7 Å². The quantitative estimate of drug-likeness (QED) is 0.468. The van der Waals surface area contributed by atoms with E-state index < -0.39 is 28.2 Å². The number of amides is 1. The molecule has 1 aromatic carbocycles. The van der Waals surface area contributed by atoms with Gasteiger partial charge in [-0.15, -0.1) is 0 Å². The summed E-state index contributed by atoms with van der Waals surface area (Å²) in [4.78, 5) is 34.3. The fourth-order valence-electron chi connectivity index (χ4n) is 1.68. The van der Waals surface area contributed by atoms with E-state index >= 15 is 0 Å². The molecular formula is C13H15FN2O5. The molecule has 21 heavy (non-hydrogen) atoms. The molecule has 8 heteroatoms. The van der Waals surface area contributed by atoms with Crippen LogP contribution in [0.5, 0.6) is 0 Å². The summed E-state index contributed by atoms with van der Waals surface area (Å²) >= 11 is 0. The van der Waals surface area contributed by atoms with E-state index in [2.05, 4.69) is 4.74 Å². The molecule has 0 aromatic heterocycles. The van der Waals surface area contributed by atoms with Crippen molar-refractivity contribution < 1.29 is 23.6 Å². The third kappa shape index (κ3) is 3.98. The second-order valence-electron chi connectivity index (χ2n) is 4.43. The fourth-order valence-corrected chi connectivity index (χ4v) is 1.68. The summed E-state index contributed by atoms with van der Waals surface area (Å²) in [6, 6.07) is 1.94. The molecular weight excluding hydrogens is 283 g/mol. The van der Waals surface area contributed by atoms with Gasteiger partial charge in [-0.25, -0.2) is 4.39 Å². The Hall–Kier alpha value is -2.51. The summed E-state index contributed by atoms with van der Waals surface area (Å²) in [7, 11) is 2.59. The first kappa shape index (κ1) is 16.5. The Morgan fingerprint density at radius 2 is 2.05 bits per heavy atom. The van der Waals surface area contributed by atoms with E-state index in [-0.39, 0.29) is 24.2 Å². The first-order chi connectivity index (χ1) is 9.77. The van der Waals surface area contributed by atoms with E-state index in [1.807, 2.05) is 0 Å². The van der Waals surface area contributed by atoms with Gasteiger partial charge in [0.25, 0.3) is 11.6 Å². The van der Waals surface area contributed by atoms with Crippen molar-refractivity contribution in [1.82, 2.24) is 4.90 Å². The zero-order valence-corrected chi connectivity index (χ0v) is 11.9. The van der Waals surface area contributed by atoms with Crippen molar-refractivity contribution in [3.8, 4) is 0 Å². The maximum Gasteiger partial charge on any atom is 0.307 e. The third-order valence-corrected chi connectivity index (χ3v) is 2.91. The molecule has 1 rings (SSSR count). The van der Waals surface area contributed by atoms with Crippen molar-refractivity contribution in [2.24, 2.45) is 0 Å². The van der Waals surface area contributed by atoms with Gasteiger partial charge in [0.15, 0.2) is 0 Å². The third-order valence-electron chi connectivity index (χ3n) is 2.91. The summed E-state index contributed by atoms with van der Waals surface area (Å²) < 4.78 is 18.4. The number of aryl methyl sites for hydroxylation is 1. The minimum Gasteiger partial charge on any atom is -0.469 e. The normalized spacial score (nSPS) is 10.1. The highest BCUT2D eigenvalue weighted by Crippen LogP contribution is 2.22. The second-order valence-corrected chi connectivity index (χ2v) is 4.43. The molecule has 0 N–H and O–H groups in total. The van der Waals surface area contributed by atoms with Crippen molar-refractivity contribution in [1.29, 1.82) is 0 Å². The maximum atomic E-state index is 14.0. The molecule has 0 fully saturated rings. The van der Waals surface area contributed by atoms with Crippen LogP contribution < -0.4 is 0 Å². The number of carbonyl (C=O) groups excluding carboxylic acids is 2. The van der Waals surface area contributed by atoms with Gasteiger partial charge in [0.2, 0.25) is 0 Å². The van der Waals surface area contributed by atoms with Crippen LogP contribution >= 0.6 is 0 Å². The van der Waals surface area contributed by atoms with Crippen molar-refractivity contribution in [3.05, 3.63) is 39.2 Å². The van der Waals surface area contributed by atoms with Gasteiger partial charge in [0.05, 0.1) is 24.0 Å². The number of halogens is 1. The number of rotatable bonds is 5. The maximum absolute atomic E-state index is 14.0. The van der Waals surface area contributed by atoms with E-state index in [0.717, 1.165) is 17.0 Å². The van der Waals surface area contributed by atoms with Gasteiger partial charge < -0.3 is 9.64 Å². The predicted molar refractivity (Wildman–Crippen MR) is 71.4 cm³/mol. The highest BCUT2D eigenvalue weighted by Gasteiger charge is 2.22. The van der Waals surface area contributed by atoms with E-state index in [1.54, 1.807) is 0 Å². The van der Waals surface area contributed by atoms with Crippen molar-refractivity contribution in [3.63, 3.8) is 0 Å². The lowest BCUT2D eigenvalue weighted by molar-refractivity contribution is -0.385. The van der Waals surface area contributed by atoms with Gasteiger partial charge in [-0.1, -0.05) is 0 Å². The molecule has 0 saturated heterocycles. The Bertz CT molecular complexity index is 588. The number of methoxy groups -OCH3 is 1. The van der Waals surface area contributed by atoms with Crippen LogP contribution in [0.3, 0.4) is 0 Å². The lowest BCUT2D eigenvalue weighted by Gasteiger charge is -2.17. The van der Waals surface area contributed by atoms with Gasteiger partial charge in [0.1, 0.15) is 5.82 Å². The first-order valence-corrected chi connectivity index (χ1v) is 6.04. The summed E-state index contributed by atoms with van der Waals surface area (Å²) in [5.74, 6) is -2.05. The summed E-state index contributed by atoms with van der Waals surface area (Å²) in [6.07, 6.45) is -0.0474. The molecule has 0 spiro atoms. The number of ether oxygens (including phenoxy) is 1. The highest BCUT2D eigenvalue weighted by atomic mass is 19.1. The van der Waals surface area contributed by atoms with Crippen LogP contribution in [0, 0.1) is 22.9 Å². The van der Waals surface area contributed by atoms with Crippen molar-refractivity contribution >= 4 is 17.6 Å². The predicted octanol–water partition coefficient (Wildman–Crippen LogP) is 1.68. The van der Waals surface area contributed by atoms with Gasteiger partial charge in [-0.3, -0.25) is 19.7 Å². The van der Waals surface area contributed by atoms with Gasteiger partial charge in [-0.2, -0.15) is 0 Å². The van der Waals surface area contributed by atoms with E-state index in [1.165, 1.54) is 21.1 Å². The van der Waals surface area contributed by atoms with E-state index in [0.29, 0.717) is 0 Å². The fraction of sp³-hybridized carbons (Fsp3) is 0.385. The molecule has 7 nitrogen and oxygen atoms in total. The molecule has 0 bridgehead atoms. The molecule has 0 unspecified atom stereocenters. The van der Waals surface area contributed by atoms with Crippen LogP contribution in [0.1, 0.15) is 22.3 Å². The van der Waals surface area contributed by atoms with Crippen LogP contribution in [0.4, 0.5) is 10.1 Å². The molecule has 0 saturated carbocycles. The Morgan fingerprint density at radius 1 is 1.43 bits per heavy atom. The number of nitro benzene ring substituents is 1. The monoisotopic (exact) mass is 298 g/mol. The summed E-state index contributed by atoms with van der Waals surface area (Å²) in [5, 5.41) is 10.8. The van der Waals surface area contributed by atoms with Gasteiger partial charge >= 0.3 is 5.97 Å². The molecule has 0 aliphatic rings. The number of benzene rings is 1. The smallest absolute Gasteiger partial charge is 0.307 e. The molecule has 0 radical (unpaired) electrons. The Kier molecular flexibility index (Phi) is 5.34. The van der Waals surface area contributed by atoms with Crippen LogP contribution in [0.15, 0.2) is 12.1 Å². The highest BCUT2D eigenvalue weighted by molar-refractivity contribution is 5.95. The number of nitro groups is 1. The second kappa shape index (κ2) is 6.78. The van der Waals surface area contributed by atoms with Crippen LogP contribution in [0.2, 0.25) is 0 Å². The van der Waals surface area contributed by atoms with Crippen LogP contribution in [0.25, 0.3) is 0 Å².